The van der Waals surface area contributed by atoms with Crippen molar-refractivity contribution in [3.63, 3.8) is 0 Å². The first-order valence-corrected chi connectivity index (χ1v) is 5.62. The molecule has 6 nitrogen and oxygen atoms in total. The molecule has 0 aliphatic carbocycles. The summed E-state index contributed by atoms with van der Waals surface area (Å²) in [5.74, 6) is -1.99. The van der Waals surface area contributed by atoms with Gasteiger partial charge in [-0.15, -0.1) is 11.3 Å². The van der Waals surface area contributed by atoms with Gasteiger partial charge in [0.15, 0.2) is 0 Å². The molecule has 1 fully saturated rings. The van der Waals surface area contributed by atoms with Crippen LogP contribution in [0.15, 0.2) is 10.9 Å². The summed E-state index contributed by atoms with van der Waals surface area (Å²) in [6, 6.07) is -0.480. The fourth-order valence-electron chi connectivity index (χ4n) is 1.51. The fourth-order valence-corrected chi connectivity index (χ4v) is 2.04. The minimum absolute atomic E-state index is 0.136. The largest absolute Gasteiger partial charge is 0.481 e. The summed E-state index contributed by atoms with van der Waals surface area (Å²) in [7, 11) is 0. The van der Waals surface area contributed by atoms with E-state index in [2.05, 4.69) is 10.3 Å². The van der Waals surface area contributed by atoms with Crippen molar-refractivity contribution < 1.29 is 19.4 Å². The minimum atomic E-state index is -0.957. The molecule has 2 unspecified atom stereocenters. The zero-order valence-electron chi connectivity index (χ0n) is 8.25. The second-order valence-corrected chi connectivity index (χ2v) is 4.15. The van der Waals surface area contributed by atoms with Crippen molar-refractivity contribution in [2.45, 2.75) is 6.04 Å². The maximum absolute atomic E-state index is 11.6. The smallest absolute Gasteiger partial charge is 0.311 e. The molecule has 2 N–H and O–H groups in total. The van der Waals surface area contributed by atoms with E-state index in [1.807, 2.05) is 0 Å². The third-order valence-corrected chi connectivity index (χ3v) is 2.97. The van der Waals surface area contributed by atoms with Crippen molar-refractivity contribution in [1.29, 1.82) is 0 Å². The topological polar surface area (TPSA) is 88.5 Å². The van der Waals surface area contributed by atoms with Gasteiger partial charge in [-0.3, -0.25) is 9.59 Å². The van der Waals surface area contributed by atoms with Gasteiger partial charge in [0.1, 0.15) is 11.6 Å². The number of hydrogen-bond acceptors (Lipinski definition) is 5. The highest BCUT2D eigenvalue weighted by Crippen LogP contribution is 2.14. The fraction of sp³-hybridized carbons (Fsp3) is 0.444. The maximum atomic E-state index is 11.6. The van der Waals surface area contributed by atoms with Gasteiger partial charge in [0, 0.05) is 5.38 Å². The SMILES string of the molecule is O=C(NC1COCC1C(=O)O)c1cscn1. The lowest BCUT2D eigenvalue weighted by molar-refractivity contribution is -0.142. The number of carboxylic acids is 1. The molecule has 0 saturated carbocycles. The van der Waals surface area contributed by atoms with Crippen molar-refractivity contribution in [2.24, 2.45) is 5.92 Å². The van der Waals surface area contributed by atoms with E-state index < -0.39 is 17.9 Å². The van der Waals surface area contributed by atoms with Crippen molar-refractivity contribution in [3.8, 4) is 0 Å². The molecule has 1 amide bonds. The van der Waals surface area contributed by atoms with Gasteiger partial charge in [0.25, 0.3) is 5.91 Å². The highest BCUT2D eigenvalue weighted by molar-refractivity contribution is 7.07. The Kier molecular flexibility index (Phi) is 3.16. The Bertz CT molecular complexity index is 392. The van der Waals surface area contributed by atoms with E-state index in [4.69, 9.17) is 9.84 Å². The molecule has 0 aromatic carbocycles. The van der Waals surface area contributed by atoms with Crippen LogP contribution in [0.5, 0.6) is 0 Å². The maximum Gasteiger partial charge on any atom is 0.311 e. The van der Waals surface area contributed by atoms with E-state index in [0.29, 0.717) is 5.69 Å². The lowest BCUT2D eigenvalue weighted by Gasteiger charge is -2.14. The van der Waals surface area contributed by atoms with E-state index in [1.54, 1.807) is 10.9 Å². The Morgan fingerprint density at radius 1 is 1.56 bits per heavy atom. The van der Waals surface area contributed by atoms with Crippen LogP contribution in [0.3, 0.4) is 0 Å². The van der Waals surface area contributed by atoms with Crippen LogP contribution in [0.4, 0.5) is 0 Å². The van der Waals surface area contributed by atoms with E-state index >= 15 is 0 Å². The Labute approximate surface area is 95.3 Å². The summed E-state index contributed by atoms with van der Waals surface area (Å²) in [6.45, 7) is 0.365. The molecule has 1 aromatic rings. The predicted molar refractivity (Wildman–Crippen MR) is 55.3 cm³/mol. The average molecular weight is 242 g/mol. The van der Waals surface area contributed by atoms with Crippen molar-refractivity contribution in [2.75, 3.05) is 13.2 Å². The number of rotatable bonds is 3. The number of aromatic nitrogens is 1. The van der Waals surface area contributed by atoms with Crippen LogP contribution in [0, 0.1) is 5.92 Å². The van der Waals surface area contributed by atoms with Gasteiger partial charge in [0.05, 0.1) is 24.8 Å². The summed E-state index contributed by atoms with van der Waals surface area (Å²) in [5, 5.41) is 13.1. The van der Waals surface area contributed by atoms with Gasteiger partial charge >= 0.3 is 5.97 Å². The van der Waals surface area contributed by atoms with Crippen LogP contribution in [0.2, 0.25) is 0 Å². The van der Waals surface area contributed by atoms with E-state index in [9.17, 15) is 9.59 Å². The van der Waals surface area contributed by atoms with Crippen LogP contribution in [0.1, 0.15) is 10.5 Å². The highest BCUT2D eigenvalue weighted by Gasteiger charge is 2.35. The average Bonchev–Trinajstić information content (AvgIpc) is 2.86. The molecule has 0 bridgehead atoms. The third-order valence-electron chi connectivity index (χ3n) is 2.38. The number of nitrogens with one attached hydrogen (secondary N) is 1. The standard InChI is InChI=1S/C9H10N2O4S/c12-8(7-3-16-4-10-7)11-6-2-15-1-5(6)9(13)14/h3-6H,1-2H2,(H,11,12)(H,13,14). The number of aliphatic carboxylic acids is 1. The van der Waals surface area contributed by atoms with Crippen LogP contribution in [0.25, 0.3) is 0 Å². The molecule has 0 spiro atoms. The van der Waals surface area contributed by atoms with E-state index in [0.717, 1.165) is 0 Å². The monoisotopic (exact) mass is 242 g/mol. The number of amides is 1. The lowest BCUT2D eigenvalue weighted by Crippen LogP contribution is -2.42. The second-order valence-electron chi connectivity index (χ2n) is 3.44. The molecule has 86 valence electrons. The Morgan fingerprint density at radius 3 is 3.00 bits per heavy atom. The molecule has 16 heavy (non-hydrogen) atoms. The summed E-state index contributed by atoms with van der Waals surface area (Å²) in [5.41, 5.74) is 1.86. The van der Waals surface area contributed by atoms with Gasteiger partial charge in [-0.25, -0.2) is 4.98 Å². The Morgan fingerprint density at radius 2 is 2.38 bits per heavy atom. The molecular formula is C9H10N2O4S. The van der Waals surface area contributed by atoms with Gasteiger partial charge in [-0.2, -0.15) is 0 Å². The normalized spacial score (nSPS) is 24.2. The molecule has 1 saturated heterocycles. The second kappa shape index (κ2) is 4.58. The summed E-state index contributed by atoms with van der Waals surface area (Å²) in [6.07, 6.45) is 0. The molecule has 1 aliphatic heterocycles. The molecule has 7 heteroatoms. The zero-order chi connectivity index (χ0) is 11.5. The van der Waals surface area contributed by atoms with Gasteiger partial charge in [-0.1, -0.05) is 0 Å². The van der Waals surface area contributed by atoms with Crippen LogP contribution in [-0.4, -0.2) is 41.2 Å². The summed E-state index contributed by atoms with van der Waals surface area (Å²) < 4.78 is 5.04. The third kappa shape index (κ3) is 2.20. The Hall–Kier alpha value is -1.47. The molecule has 2 rings (SSSR count). The molecule has 1 aromatic heterocycles. The van der Waals surface area contributed by atoms with Crippen molar-refractivity contribution in [1.82, 2.24) is 10.3 Å². The number of carbonyl (C=O) groups excluding carboxylic acids is 1. The number of carbonyl (C=O) groups is 2. The summed E-state index contributed by atoms with van der Waals surface area (Å²) in [4.78, 5) is 26.3. The van der Waals surface area contributed by atoms with Crippen LogP contribution >= 0.6 is 11.3 Å². The van der Waals surface area contributed by atoms with E-state index in [-0.39, 0.29) is 19.1 Å². The number of ether oxygens (including phenoxy) is 1. The molecular weight excluding hydrogens is 232 g/mol. The Balaban J connectivity index is 1.99. The predicted octanol–water partition coefficient (Wildman–Crippen LogP) is -0.0275. The first-order chi connectivity index (χ1) is 7.68. The van der Waals surface area contributed by atoms with Crippen LogP contribution < -0.4 is 5.32 Å². The van der Waals surface area contributed by atoms with Crippen molar-refractivity contribution in [3.05, 3.63) is 16.6 Å². The number of carboxylic acid groups (broad SMARTS) is 1. The zero-order valence-corrected chi connectivity index (χ0v) is 9.07. The molecule has 2 atom stereocenters. The molecule has 2 heterocycles. The van der Waals surface area contributed by atoms with Crippen LogP contribution in [-0.2, 0) is 9.53 Å². The van der Waals surface area contributed by atoms with Crippen molar-refractivity contribution >= 4 is 23.2 Å². The molecule has 1 aliphatic rings. The molecule has 0 radical (unpaired) electrons. The summed E-state index contributed by atoms with van der Waals surface area (Å²) >= 11 is 1.31. The minimum Gasteiger partial charge on any atom is -0.481 e. The highest BCUT2D eigenvalue weighted by atomic mass is 32.1. The number of thiazole rings is 1. The quantitative estimate of drug-likeness (QED) is 0.777. The first-order valence-electron chi connectivity index (χ1n) is 4.68. The van der Waals surface area contributed by atoms with Gasteiger partial charge in [0.2, 0.25) is 0 Å². The van der Waals surface area contributed by atoms with Gasteiger partial charge < -0.3 is 15.2 Å². The number of nitrogens with zero attached hydrogens (tertiary/aromatic N) is 1. The van der Waals surface area contributed by atoms with E-state index in [1.165, 1.54) is 11.3 Å². The lowest BCUT2D eigenvalue weighted by atomic mass is 10.0. The number of hydrogen-bond donors (Lipinski definition) is 2. The first kappa shape index (κ1) is 11.0. The van der Waals surface area contributed by atoms with Gasteiger partial charge in [-0.05, 0) is 0 Å².